The van der Waals surface area contributed by atoms with Crippen molar-refractivity contribution in [1.29, 1.82) is 0 Å². The zero-order valence-corrected chi connectivity index (χ0v) is 15.4. The van der Waals surface area contributed by atoms with Crippen LogP contribution in [0.3, 0.4) is 0 Å². The summed E-state index contributed by atoms with van der Waals surface area (Å²) < 4.78 is 4.42. The standard InChI is InChI=1S/C17H23ClN4S/c1-12-17(13(2)21(3)20-12)23-22-10-8-16(9-11-22)19-15-6-4-14(18)5-7-15/h4-7,16,19H,8-11H2,1-3H3. The van der Waals surface area contributed by atoms with Crippen LogP contribution in [-0.2, 0) is 7.05 Å². The molecule has 2 aromatic rings. The monoisotopic (exact) mass is 350 g/mol. The van der Waals surface area contributed by atoms with E-state index in [1.54, 1.807) is 0 Å². The van der Waals surface area contributed by atoms with Gasteiger partial charge in [0.2, 0.25) is 0 Å². The lowest BCUT2D eigenvalue weighted by molar-refractivity contribution is 0.358. The Labute approximate surface area is 147 Å². The second kappa shape index (κ2) is 7.16. The van der Waals surface area contributed by atoms with Gasteiger partial charge in [-0.3, -0.25) is 4.68 Å². The van der Waals surface area contributed by atoms with Crippen LogP contribution >= 0.6 is 23.5 Å². The second-order valence-electron chi connectivity index (χ2n) is 6.07. The van der Waals surface area contributed by atoms with Crippen LogP contribution in [0, 0.1) is 13.8 Å². The van der Waals surface area contributed by atoms with Crippen LogP contribution in [0.25, 0.3) is 0 Å². The molecule has 1 saturated heterocycles. The number of piperidine rings is 1. The van der Waals surface area contributed by atoms with E-state index in [0.29, 0.717) is 6.04 Å². The molecule has 2 heterocycles. The van der Waals surface area contributed by atoms with Crippen molar-refractivity contribution in [3.8, 4) is 0 Å². The first kappa shape index (κ1) is 16.7. The predicted molar refractivity (Wildman–Crippen MR) is 98.2 cm³/mol. The fourth-order valence-electron chi connectivity index (χ4n) is 2.89. The van der Waals surface area contributed by atoms with E-state index in [0.717, 1.165) is 42.3 Å². The van der Waals surface area contributed by atoms with Crippen LogP contribution in [-0.4, -0.2) is 33.2 Å². The van der Waals surface area contributed by atoms with Gasteiger partial charge in [-0.2, -0.15) is 5.10 Å². The lowest BCUT2D eigenvalue weighted by atomic mass is 10.1. The minimum atomic E-state index is 0.532. The van der Waals surface area contributed by atoms with Crippen LogP contribution in [0.5, 0.6) is 0 Å². The van der Waals surface area contributed by atoms with Crippen molar-refractivity contribution < 1.29 is 0 Å². The summed E-state index contributed by atoms with van der Waals surface area (Å²) in [6.07, 6.45) is 2.29. The van der Waals surface area contributed by atoms with Crippen LogP contribution in [0.1, 0.15) is 24.2 Å². The fourth-order valence-corrected chi connectivity index (χ4v) is 4.10. The average Bonchev–Trinajstić information content (AvgIpc) is 2.78. The van der Waals surface area contributed by atoms with E-state index in [1.165, 1.54) is 10.6 Å². The molecule has 0 radical (unpaired) electrons. The number of aromatic nitrogens is 2. The summed E-state index contributed by atoms with van der Waals surface area (Å²) in [7, 11) is 2.01. The maximum atomic E-state index is 5.93. The maximum absolute atomic E-state index is 5.93. The summed E-state index contributed by atoms with van der Waals surface area (Å²) in [6, 6.07) is 8.49. The molecular formula is C17H23ClN4S. The molecular weight excluding hydrogens is 328 g/mol. The smallest absolute Gasteiger partial charge is 0.0745 e. The van der Waals surface area contributed by atoms with Crippen molar-refractivity contribution in [2.24, 2.45) is 7.05 Å². The molecule has 0 atom stereocenters. The highest BCUT2D eigenvalue weighted by molar-refractivity contribution is 7.97. The van der Waals surface area contributed by atoms with Crippen LogP contribution in [0.4, 0.5) is 5.69 Å². The van der Waals surface area contributed by atoms with Gasteiger partial charge in [0.15, 0.2) is 0 Å². The summed E-state index contributed by atoms with van der Waals surface area (Å²) in [5.41, 5.74) is 3.52. The minimum Gasteiger partial charge on any atom is -0.382 e. The lowest BCUT2D eigenvalue weighted by Gasteiger charge is -2.32. The highest BCUT2D eigenvalue weighted by Crippen LogP contribution is 2.31. The molecule has 1 fully saturated rings. The SMILES string of the molecule is Cc1nn(C)c(C)c1SN1CCC(Nc2ccc(Cl)cc2)CC1. The fraction of sp³-hybridized carbons (Fsp3) is 0.471. The maximum Gasteiger partial charge on any atom is 0.0745 e. The van der Waals surface area contributed by atoms with Crippen molar-refractivity contribution in [2.75, 3.05) is 18.4 Å². The van der Waals surface area contributed by atoms with Gasteiger partial charge in [-0.05, 0) is 62.9 Å². The Morgan fingerprint density at radius 2 is 1.83 bits per heavy atom. The highest BCUT2D eigenvalue weighted by atomic mass is 35.5. The highest BCUT2D eigenvalue weighted by Gasteiger charge is 2.22. The average molecular weight is 351 g/mol. The second-order valence-corrected chi connectivity index (χ2v) is 7.61. The molecule has 1 aromatic carbocycles. The van der Waals surface area contributed by atoms with Gasteiger partial charge < -0.3 is 5.32 Å². The van der Waals surface area contributed by atoms with Gasteiger partial charge in [0.25, 0.3) is 0 Å². The predicted octanol–water partition coefficient (Wildman–Crippen LogP) is 4.27. The van der Waals surface area contributed by atoms with Gasteiger partial charge in [0.05, 0.1) is 16.3 Å². The lowest BCUT2D eigenvalue weighted by Crippen LogP contribution is -2.35. The van der Waals surface area contributed by atoms with Crippen molar-refractivity contribution in [3.63, 3.8) is 0 Å². The summed E-state index contributed by atoms with van der Waals surface area (Å²) in [4.78, 5) is 1.30. The molecule has 23 heavy (non-hydrogen) atoms. The first-order valence-corrected chi connectivity index (χ1v) is 9.13. The summed E-state index contributed by atoms with van der Waals surface area (Å²) >= 11 is 7.79. The van der Waals surface area contributed by atoms with Crippen molar-refractivity contribution in [3.05, 3.63) is 40.7 Å². The molecule has 0 unspecified atom stereocenters. The van der Waals surface area contributed by atoms with Gasteiger partial charge in [-0.15, -0.1) is 0 Å². The number of nitrogens with zero attached hydrogens (tertiary/aromatic N) is 3. The molecule has 0 amide bonds. The first-order chi connectivity index (χ1) is 11.0. The number of aryl methyl sites for hydroxylation is 2. The molecule has 0 spiro atoms. The molecule has 4 nitrogen and oxygen atoms in total. The van der Waals surface area contributed by atoms with Crippen LogP contribution < -0.4 is 5.32 Å². The van der Waals surface area contributed by atoms with Crippen molar-refractivity contribution in [1.82, 2.24) is 14.1 Å². The summed E-state index contributed by atoms with van der Waals surface area (Å²) in [6.45, 7) is 6.40. The molecule has 0 saturated carbocycles. The normalized spacial score (nSPS) is 16.7. The van der Waals surface area contributed by atoms with Crippen LogP contribution in [0.15, 0.2) is 29.2 Å². The zero-order chi connectivity index (χ0) is 16.4. The number of anilines is 1. The molecule has 0 aliphatic carbocycles. The molecule has 1 N–H and O–H groups in total. The Bertz CT molecular complexity index is 660. The number of halogens is 1. The molecule has 1 aromatic heterocycles. The van der Waals surface area contributed by atoms with Crippen molar-refractivity contribution in [2.45, 2.75) is 37.6 Å². The van der Waals surface area contributed by atoms with E-state index in [1.807, 2.05) is 47.9 Å². The van der Waals surface area contributed by atoms with Gasteiger partial charge in [-0.1, -0.05) is 11.6 Å². The largest absolute Gasteiger partial charge is 0.382 e. The van der Waals surface area contributed by atoms with Gasteiger partial charge >= 0.3 is 0 Å². The number of hydrogen-bond donors (Lipinski definition) is 1. The quantitative estimate of drug-likeness (QED) is 0.834. The van der Waals surface area contributed by atoms with E-state index in [2.05, 4.69) is 28.6 Å². The van der Waals surface area contributed by atoms with Gasteiger partial charge in [0, 0.05) is 36.9 Å². The molecule has 124 valence electrons. The summed E-state index contributed by atoms with van der Waals surface area (Å²) in [5.74, 6) is 0. The van der Waals surface area contributed by atoms with E-state index in [-0.39, 0.29) is 0 Å². The Kier molecular flexibility index (Phi) is 5.19. The van der Waals surface area contributed by atoms with E-state index in [4.69, 9.17) is 11.6 Å². The third-order valence-electron chi connectivity index (χ3n) is 4.33. The van der Waals surface area contributed by atoms with E-state index < -0.39 is 0 Å². The van der Waals surface area contributed by atoms with Crippen LogP contribution in [0.2, 0.25) is 5.02 Å². The van der Waals surface area contributed by atoms with E-state index in [9.17, 15) is 0 Å². The van der Waals surface area contributed by atoms with E-state index >= 15 is 0 Å². The Balaban J connectivity index is 1.53. The Morgan fingerprint density at radius 1 is 1.17 bits per heavy atom. The summed E-state index contributed by atoms with van der Waals surface area (Å²) in [5, 5.41) is 8.89. The third kappa shape index (κ3) is 4.03. The topological polar surface area (TPSA) is 33.1 Å². The van der Waals surface area contributed by atoms with Gasteiger partial charge in [-0.25, -0.2) is 4.31 Å². The molecule has 0 bridgehead atoms. The number of hydrogen-bond acceptors (Lipinski definition) is 4. The van der Waals surface area contributed by atoms with Gasteiger partial charge in [0.1, 0.15) is 0 Å². The number of nitrogens with one attached hydrogen (secondary N) is 1. The Morgan fingerprint density at radius 3 is 2.39 bits per heavy atom. The molecule has 6 heteroatoms. The molecule has 1 aliphatic heterocycles. The zero-order valence-electron chi connectivity index (χ0n) is 13.8. The number of rotatable bonds is 4. The number of benzene rings is 1. The third-order valence-corrected chi connectivity index (χ3v) is 5.98. The minimum absolute atomic E-state index is 0.532. The molecule has 3 rings (SSSR count). The Hall–Kier alpha value is -1.17. The molecule has 1 aliphatic rings. The first-order valence-electron chi connectivity index (χ1n) is 7.98. The van der Waals surface area contributed by atoms with Crippen molar-refractivity contribution >= 4 is 29.2 Å².